The lowest BCUT2D eigenvalue weighted by molar-refractivity contribution is -0.131. The molecule has 0 aliphatic carbocycles. The lowest BCUT2D eigenvalue weighted by Gasteiger charge is -2.27. The van der Waals surface area contributed by atoms with E-state index in [-0.39, 0.29) is 5.91 Å². The molecule has 4 heteroatoms. The van der Waals surface area contributed by atoms with Crippen LogP contribution in [0.5, 0.6) is 0 Å². The Morgan fingerprint density at radius 1 is 1.43 bits per heavy atom. The van der Waals surface area contributed by atoms with Crippen LogP contribution in [-0.2, 0) is 4.79 Å². The van der Waals surface area contributed by atoms with Crippen LogP contribution < -0.4 is 5.32 Å². The lowest BCUT2D eigenvalue weighted by Crippen LogP contribution is -2.43. The molecular weight excluding hydrogens is 178 g/mol. The average Bonchev–Trinajstić information content (AvgIpc) is 2.46. The Labute approximate surface area is 85.2 Å². The molecule has 0 saturated carbocycles. The van der Waals surface area contributed by atoms with E-state index in [2.05, 4.69) is 22.2 Å². The number of likely N-dealkylation sites (N-methyl/N-ethyl adjacent to an activating group) is 1. The third kappa shape index (κ3) is 2.07. The number of nitrogens with one attached hydrogen (secondary N) is 1. The molecule has 80 valence electrons. The smallest absolute Gasteiger partial charge is 0.236 e. The predicted molar refractivity (Wildman–Crippen MR) is 55.1 cm³/mol. The van der Waals surface area contributed by atoms with Crippen LogP contribution >= 0.6 is 0 Å². The van der Waals surface area contributed by atoms with Gasteiger partial charge in [0.2, 0.25) is 5.91 Å². The number of nitrogens with zero attached hydrogens (tertiary/aromatic N) is 2. The van der Waals surface area contributed by atoms with E-state index >= 15 is 0 Å². The van der Waals surface area contributed by atoms with E-state index in [0.29, 0.717) is 12.6 Å². The Kier molecular flexibility index (Phi) is 3.03. The summed E-state index contributed by atoms with van der Waals surface area (Å²) in [7, 11) is 2.13. The zero-order valence-electron chi connectivity index (χ0n) is 8.83. The van der Waals surface area contributed by atoms with Gasteiger partial charge in [0.15, 0.2) is 0 Å². The van der Waals surface area contributed by atoms with Gasteiger partial charge in [-0.25, -0.2) is 0 Å². The van der Waals surface area contributed by atoms with Crippen molar-refractivity contribution >= 4 is 5.91 Å². The Bertz CT molecular complexity index is 219. The molecule has 1 unspecified atom stereocenters. The summed E-state index contributed by atoms with van der Waals surface area (Å²) in [6, 6.07) is 0.465. The first-order chi connectivity index (χ1) is 6.77. The number of hydrogen-bond acceptors (Lipinski definition) is 3. The predicted octanol–water partition coefficient (Wildman–Crippen LogP) is -0.488. The number of likely N-dealkylation sites (tertiary alicyclic amines) is 1. The molecule has 2 rings (SSSR count). The maximum Gasteiger partial charge on any atom is 0.236 e. The van der Waals surface area contributed by atoms with E-state index in [4.69, 9.17) is 0 Å². The molecule has 2 fully saturated rings. The van der Waals surface area contributed by atoms with Crippen LogP contribution in [0.3, 0.4) is 0 Å². The number of rotatable bonds is 1. The molecule has 0 radical (unpaired) electrons. The van der Waals surface area contributed by atoms with E-state index < -0.39 is 0 Å². The monoisotopic (exact) mass is 197 g/mol. The van der Waals surface area contributed by atoms with E-state index in [1.54, 1.807) is 0 Å². The van der Waals surface area contributed by atoms with E-state index in [0.717, 1.165) is 39.0 Å². The third-order valence-corrected chi connectivity index (χ3v) is 3.16. The summed E-state index contributed by atoms with van der Waals surface area (Å²) < 4.78 is 0. The van der Waals surface area contributed by atoms with Crippen LogP contribution in [0.1, 0.15) is 12.8 Å². The van der Waals surface area contributed by atoms with Gasteiger partial charge in [-0.2, -0.15) is 0 Å². The first kappa shape index (κ1) is 9.93. The van der Waals surface area contributed by atoms with Gasteiger partial charge in [0.25, 0.3) is 0 Å². The standard InChI is InChI=1S/C10H19N3O/c1-12-6-3-9(8-12)13-5-2-4-11-7-10(13)14/h9,11H,2-8H2,1H3. The number of hydrogen-bond donors (Lipinski definition) is 1. The average molecular weight is 197 g/mol. The second-order valence-corrected chi connectivity index (χ2v) is 4.32. The fraction of sp³-hybridized carbons (Fsp3) is 0.900. The zero-order valence-corrected chi connectivity index (χ0v) is 8.83. The van der Waals surface area contributed by atoms with Gasteiger partial charge in [-0.05, 0) is 33.0 Å². The quantitative estimate of drug-likeness (QED) is 0.616. The lowest BCUT2D eigenvalue weighted by atomic mass is 10.2. The first-order valence-corrected chi connectivity index (χ1v) is 5.46. The highest BCUT2D eigenvalue weighted by Crippen LogP contribution is 2.15. The number of amides is 1. The van der Waals surface area contributed by atoms with Crippen molar-refractivity contribution in [2.24, 2.45) is 0 Å². The van der Waals surface area contributed by atoms with E-state index in [9.17, 15) is 4.79 Å². The van der Waals surface area contributed by atoms with Gasteiger partial charge in [-0.1, -0.05) is 0 Å². The third-order valence-electron chi connectivity index (χ3n) is 3.16. The number of carbonyl (C=O) groups is 1. The molecule has 2 aliphatic heterocycles. The highest BCUT2D eigenvalue weighted by atomic mass is 16.2. The van der Waals surface area contributed by atoms with Crippen LogP contribution in [0.15, 0.2) is 0 Å². The van der Waals surface area contributed by atoms with Crippen molar-refractivity contribution in [2.45, 2.75) is 18.9 Å². The normalized spacial score (nSPS) is 30.8. The summed E-state index contributed by atoms with van der Waals surface area (Å²) in [6.07, 6.45) is 2.23. The van der Waals surface area contributed by atoms with Crippen molar-refractivity contribution in [3.8, 4) is 0 Å². The van der Waals surface area contributed by atoms with Crippen molar-refractivity contribution in [1.29, 1.82) is 0 Å². The molecule has 0 aromatic carbocycles. The minimum Gasteiger partial charge on any atom is -0.337 e. The van der Waals surface area contributed by atoms with Gasteiger partial charge < -0.3 is 15.1 Å². The highest BCUT2D eigenvalue weighted by Gasteiger charge is 2.29. The van der Waals surface area contributed by atoms with Gasteiger partial charge in [0, 0.05) is 19.1 Å². The molecule has 2 aliphatic rings. The molecule has 1 atom stereocenters. The van der Waals surface area contributed by atoms with E-state index in [1.807, 2.05) is 0 Å². The van der Waals surface area contributed by atoms with Crippen molar-refractivity contribution in [1.82, 2.24) is 15.1 Å². The van der Waals surface area contributed by atoms with Crippen molar-refractivity contribution < 1.29 is 4.79 Å². The van der Waals surface area contributed by atoms with Crippen LogP contribution in [-0.4, -0.2) is 61.5 Å². The first-order valence-electron chi connectivity index (χ1n) is 5.46. The van der Waals surface area contributed by atoms with Gasteiger partial charge in [0.1, 0.15) is 0 Å². The summed E-state index contributed by atoms with van der Waals surface area (Å²) in [4.78, 5) is 16.1. The molecule has 1 N–H and O–H groups in total. The van der Waals surface area contributed by atoms with Crippen LogP contribution in [0.25, 0.3) is 0 Å². The summed E-state index contributed by atoms with van der Waals surface area (Å²) in [5.74, 6) is 0.280. The molecule has 1 amide bonds. The Morgan fingerprint density at radius 3 is 3.00 bits per heavy atom. The fourth-order valence-corrected chi connectivity index (χ4v) is 2.35. The van der Waals surface area contributed by atoms with E-state index in [1.165, 1.54) is 0 Å². The van der Waals surface area contributed by atoms with Crippen molar-refractivity contribution in [3.63, 3.8) is 0 Å². The van der Waals surface area contributed by atoms with Gasteiger partial charge >= 0.3 is 0 Å². The summed E-state index contributed by atoms with van der Waals surface area (Å²) in [5, 5.41) is 3.16. The second kappa shape index (κ2) is 4.28. The minimum absolute atomic E-state index is 0.280. The molecule has 0 spiro atoms. The van der Waals surface area contributed by atoms with Crippen molar-refractivity contribution in [3.05, 3.63) is 0 Å². The van der Waals surface area contributed by atoms with Gasteiger partial charge in [-0.15, -0.1) is 0 Å². The number of carbonyl (C=O) groups excluding carboxylic acids is 1. The molecule has 2 saturated heterocycles. The van der Waals surface area contributed by atoms with Crippen LogP contribution in [0.4, 0.5) is 0 Å². The van der Waals surface area contributed by atoms with Gasteiger partial charge in [0.05, 0.1) is 6.54 Å². The SMILES string of the molecule is CN1CCC(N2CCCNCC2=O)C1. The molecule has 0 bridgehead atoms. The van der Waals surface area contributed by atoms with Crippen molar-refractivity contribution in [2.75, 3.05) is 39.8 Å². The topological polar surface area (TPSA) is 35.6 Å². The molecular formula is C10H19N3O. The Balaban J connectivity index is 1.97. The van der Waals surface area contributed by atoms with Gasteiger partial charge in [-0.3, -0.25) is 4.79 Å². The zero-order chi connectivity index (χ0) is 9.97. The summed E-state index contributed by atoms with van der Waals surface area (Å²) in [5.41, 5.74) is 0. The van der Waals surface area contributed by atoms with Crippen LogP contribution in [0.2, 0.25) is 0 Å². The summed E-state index contributed by atoms with van der Waals surface area (Å²) >= 11 is 0. The molecule has 2 heterocycles. The second-order valence-electron chi connectivity index (χ2n) is 4.32. The molecule has 14 heavy (non-hydrogen) atoms. The molecule has 0 aromatic rings. The largest absolute Gasteiger partial charge is 0.337 e. The molecule has 0 aromatic heterocycles. The van der Waals surface area contributed by atoms with Crippen LogP contribution in [0, 0.1) is 0 Å². The maximum atomic E-state index is 11.8. The minimum atomic E-state index is 0.280. The summed E-state index contributed by atoms with van der Waals surface area (Å²) in [6.45, 7) is 4.61. The Hall–Kier alpha value is -0.610. The molecule has 4 nitrogen and oxygen atoms in total. The fourth-order valence-electron chi connectivity index (χ4n) is 2.35. The maximum absolute atomic E-state index is 11.8. The highest BCUT2D eigenvalue weighted by molar-refractivity contribution is 5.78. The Morgan fingerprint density at radius 2 is 2.29 bits per heavy atom.